The zero-order chi connectivity index (χ0) is 19.6. The van der Waals surface area contributed by atoms with Crippen molar-refractivity contribution < 1.29 is 23.2 Å². The third kappa shape index (κ3) is 3.57. The molecule has 1 atom stereocenters. The number of nitrogens with one attached hydrogen (secondary N) is 1. The second-order valence-electron chi connectivity index (χ2n) is 6.46. The van der Waals surface area contributed by atoms with Crippen LogP contribution >= 0.6 is 0 Å². The van der Waals surface area contributed by atoms with Crippen molar-refractivity contribution in [2.24, 2.45) is 0 Å². The molecule has 1 amide bonds. The lowest BCUT2D eigenvalue weighted by molar-refractivity contribution is 0.0759. The van der Waals surface area contributed by atoms with Crippen molar-refractivity contribution >= 4 is 11.6 Å². The first-order valence-corrected chi connectivity index (χ1v) is 8.97. The van der Waals surface area contributed by atoms with E-state index in [4.69, 9.17) is 18.4 Å². The van der Waals surface area contributed by atoms with E-state index in [1.807, 2.05) is 24.3 Å². The van der Waals surface area contributed by atoms with Gasteiger partial charge in [0.2, 0.25) is 5.76 Å². The van der Waals surface area contributed by atoms with Crippen LogP contribution in [0, 0.1) is 0 Å². The molecule has 0 saturated heterocycles. The molecule has 146 valence electrons. The molecule has 3 aromatic heterocycles. The number of nitrogens with zero attached hydrogens (tertiary/aromatic N) is 3. The van der Waals surface area contributed by atoms with Crippen molar-refractivity contribution in [2.45, 2.75) is 12.6 Å². The van der Waals surface area contributed by atoms with E-state index in [1.165, 1.54) is 12.3 Å². The largest absolute Gasteiger partial charge is 0.486 e. The Labute approximate surface area is 164 Å². The Morgan fingerprint density at radius 2 is 2.07 bits per heavy atom. The fourth-order valence-electron chi connectivity index (χ4n) is 3.00. The molecule has 0 fully saturated rings. The molecule has 4 heterocycles. The normalized spacial score (nSPS) is 15.2. The molecule has 0 bridgehead atoms. The number of hydrogen-bond acceptors (Lipinski definition) is 7. The lowest BCUT2D eigenvalue weighted by Gasteiger charge is -2.26. The Kier molecular flexibility index (Phi) is 4.24. The average Bonchev–Trinajstić information content (AvgIpc) is 3.49. The van der Waals surface area contributed by atoms with Crippen molar-refractivity contribution in [3.8, 4) is 23.0 Å². The minimum Gasteiger partial charge on any atom is -0.486 e. The zero-order valence-corrected chi connectivity index (χ0v) is 15.1. The van der Waals surface area contributed by atoms with Crippen LogP contribution in [0.3, 0.4) is 0 Å². The molecule has 4 aromatic rings. The van der Waals surface area contributed by atoms with E-state index in [9.17, 15) is 4.79 Å². The van der Waals surface area contributed by atoms with E-state index < -0.39 is 5.91 Å². The number of furan rings is 1. The van der Waals surface area contributed by atoms with Crippen LogP contribution in [0.25, 0.3) is 11.5 Å². The van der Waals surface area contributed by atoms with Crippen LogP contribution in [0.15, 0.2) is 70.1 Å². The first-order chi connectivity index (χ1) is 14.2. The van der Waals surface area contributed by atoms with Crippen molar-refractivity contribution in [2.75, 3.05) is 11.9 Å². The molecule has 29 heavy (non-hydrogen) atoms. The maximum atomic E-state index is 12.4. The number of carbonyl (C=O) groups excluding carboxylic acids is 1. The fraction of sp³-hybridized carbons (Fsp3) is 0.150. The molecule has 9 heteroatoms. The fourth-order valence-corrected chi connectivity index (χ4v) is 3.00. The summed E-state index contributed by atoms with van der Waals surface area (Å²) in [4.78, 5) is 12.4. The Balaban J connectivity index is 1.21. The van der Waals surface area contributed by atoms with Crippen LogP contribution in [0.4, 0.5) is 5.69 Å². The number of anilines is 1. The number of rotatable bonds is 5. The number of hydrogen-bond donors (Lipinski definition) is 1. The number of fused-ring (bicyclic) bond motifs is 1. The van der Waals surface area contributed by atoms with Gasteiger partial charge in [-0.1, -0.05) is 17.3 Å². The first-order valence-electron chi connectivity index (χ1n) is 8.97. The van der Waals surface area contributed by atoms with Crippen LogP contribution in [0.1, 0.15) is 10.5 Å². The highest BCUT2D eigenvalue weighted by Crippen LogP contribution is 2.31. The van der Waals surface area contributed by atoms with Gasteiger partial charge in [-0.05, 0) is 24.3 Å². The molecule has 1 aliphatic heterocycles. The highest BCUT2D eigenvalue weighted by atomic mass is 16.6. The van der Waals surface area contributed by atoms with Crippen LogP contribution < -0.4 is 14.8 Å². The molecule has 0 aliphatic carbocycles. The second kappa shape index (κ2) is 7.19. The minimum atomic E-state index is -0.405. The summed E-state index contributed by atoms with van der Waals surface area (Å²) < 4.78 is 23.7. The summed E-state index contributed by atoms with van der Waals surface area (Å²) in [6.07, 6.45) is 4.61. The smallest absolute Gasteiger partial charge is 0.277 e. The maximum Gasteiger partial charge on any atom is 0.277 e. The molecular formula is C20H16N4O5. The van der Waals surface area contributed by atoms with Crippen molar-refractivity contribution in [1.29, 1.82) is 0 Å². The third-order valence-electron chi connectivity index (χ3n) is 4.36. The quantitative estimate of drug-likeness (QED) is 0.556. The van der Waals surface area contributed by atoms with Gasteiger partial charge < -0.3 is 23.7 Å². The summed E-state index contributed by atoms with van der Waals surface area (Å²) in [5, 5.41) is 10.8. The maximum absolute atomic E-state index is 12.4. The summed E-state index contributed by atoms with van der Waals surface area (Å²) in [5.74, 6) is 1.92. The van der Waals surface area contributed by atoms with Gasteiger partial charge in [0, 0.05) is 12.3 Å². The monoisotopic (exact) mass is 392 g/mol. The van der Waals surface area contributed by atoms with Gasteiger partial charge in [0.05, 0.1) is 24.7 Å². The zero-order valence-electron chi connectivity index (χ0n) is 15.1. The highest BCUT2D eigenvalue weighted by molar-refractivity contribution is 6.03. The topological polar surface area (TPSA) is 105 Å². The molecule has 0 unspecified atom stereocenters. The molecule has 5 rings (SSSR count). The van der Waals surface area contributed by atoms with E-state index in [1.54, 1.807) is 29.2 Å². The number of para-hydroxylation sites is 2. The molecule has 9 nitrogen and oxygen atoms in total. The predicted octanol–water partition coefficient (Wildman–Crippen LogP) is 3.22. The average molecular weight is 392 g/mol. The first kappa shape index (κ1) is 17.1. The summed E-state index contributed by atoms with van der Waals surface area (Å²) in [6.45, 7) is 0.907. The summed E-state index contributed by atoms with van der Waals surface area (Å²) in [5.41, 5.74) is 0.680. The Morgan fingerprint density at radius 3 is 2.93 bits per heavy atom. The minimum absolute atomic E-state index is 0.143. The Morgan fingerprint density at radius 1 is 1.17 bits per heavy atom. The number of ether oxygens (including phenoxy) is 2. The van der Waals surface area contributed by atoms with E-state index in [0.29, 0.717) is 36.1 Å². The molecule has 1 aliphatic rings. The molecule has 0 saturated carbocycles. The SMILES string of the molecule is O=C(Nc1cnn(C[C@@H]2COc3ccccc3O2)c1)c1cc(-c2ccco2)on1. The molecular weight excluding hydrogens is 376 g/mol. The number of carbonyl (C=O) groups is 1. The molecule has 1 N–H and O–H groups in total. The number of benzene rings is 1. The lowest BCUT2D eigenvalue weighted by Crippen LogP contribution is -2.33. The molecule has 0 spiro atoms. The summed E-state index contributed by atoms with van der Waals surface area (Å²) >= 11 is 0. The van der Waals surface area contributed by atoms with Gasteiger partial charge in [-0.25, -0.2) is 0 Å². The van der Waals surface area contributed by atoms with E-state index in [-0.39, 0.29) is 11.8 Å². The van der Waals surface area contributed by atoms with E-state index in [0.717, 1.165) is 5.75 Å². The Hall–Kier alpha value is -4.01. The van der Waals surface area contributed by atoms with Gasteiger partial charge in [-0.2, -0.15) is 5.10 Å². The third-order valence-corrected chi connectivity index (χ3v) is 4.36. The summed E-state index contributed by atoms with van der Waals surface area (Å²) in [7, 11) is 0. The van der Waals surface area contributed by atoms with Crippen molar-refractivity contribution in [3.63, 3.8) is 0 Å². The van der Waals surface area contributed by atoms with Gasteiger partial charge in [-0.15, -0.1) is 0 Å². The summed E-state index contributed by atoms with van der Waals surface area (Å²) in [6, 6.07) is 12.5. The van der Waals surface area contributed by atoms with Crippen LogP contribution in [0.5, 0.6) is 11.5 Å². The predicted molar refractivity (Wildman–Crippen MR) is 101 cm³/mol. The van der Waals surface area contributed by atoms with Crippen molar-refractivity contribution in [1.82, 2.24) is 14.9 Å². The number of amides is 1. The second-order valence-corrected chi connectivity index (χ2v) is 6.46. The van der Waals surface area contributed by atoms with Gasteiger partial charge in [0.25, 0.3) is 5.91 Å². The molecule has 0 radical (unpaired) electrons. The Bertz CT molecular complexity index is 1130. The van der Waals surface area contributed by atoms with Crippen LogP contribution in [-0.2, 0) is 6.54 Å². The standard InChI is InChI=1S/C20H16N4O5/c25-20(15-8-19(29-23-15)17-6-3-7-26-17)22-13-9-21-24(10-13)11-14-12-27-16-4-1-2-5-18(16)28-14/h1-10,14H,11-12H2,(H,22,25)/t14-/m1/s1. The van der Waals surface area contributed by atoms with Crippen molar-refractivity contribution in [3.05, 3.63) is 66.8 Å². The van der Waals surface area contributed by atoms with Crippen LogP contribution in [0.2, 0.25) is 0 Å². The number of aromatic nitrogens is 3. The van der Waals surface area contributed by atoms with E-state index in [2.05, 4.69) is 15.6 Å². The highest BCUT2D eigenvalue weighted by Gasteiger charge is 2.22. The van der Waals surface area contributed by atoms with Gasteiger partial charge >= 0.3 is 0 Å². The van der Waals surface area contributed by atoms with Crippen LogP contribution in [-0.4, -0.2) is 33.6 Å². The van der Waals surface area contributed by atoms with Gasteiger partial charge in [-0.3, -0.25) is 9.48 Å². The molecule has 1 aromatic carbocycles. The lowest BCUT2D eigenvalue weighted by atomic mass is 10.2. The van der Waals surface area contributed by atoms with E-state index >= 15 is 0 Å². The van der Waals surface area contributed by atoms with Gasteiger partial charge in [0.15, 0.2) is 29.1 Å². The van der Waals surface area contributed by atoms with Gasteiger partial charge in [0.1, 0.15) is 6.61 Å².